The number of allylic oxidation sites excluding steroid dienone is 4. The molecular formula is C46H56Cl2SiZr-2. The minimum atomic E-state index is -1.02. The van der Waals surface area contributed by atoms with Crippen LogP contribution in [-0.2, 0) is 30.7 Å². The minimum absolute atomic E-state index is 0. The molecule has 0 aliphatic heterocycles. The molecule has 0 aromatic heterocycles. The Morgan fingerprint density at radius 2 is 1.40 bits per heavy atom. The van der Waals surface area contributed by atoms with Crippen molar-refractivity contribution in [1.29, 1.82) is 0 Å². The van der Waals surface area contributed by atoms with Crippen molar-refractivity contribution in [2.45, 2.75) is 100 Å². The van der Waals surface area contributed by atoms with E-state index in [1.165, 1.54) is 68.4 Å². The Bertz CT molecular complexity index is 1880. The first-order valence-electron chi connectivity index (χ1n) is 18.1. The molecule has 0 radical (unpaired) electrons. The van der Waals surface area contributed by atoms with E-state index >= 15 is 0 Å². The van der Waals surface area contributed by atoms with Gasteiger partial charge in [-0.15, -0.1) is 11.1 Å². The molecule has 0 spiro atoms. The molecule has 5 unspecified atom stereocenters. The van der Waals surface area contributed by atoms with E-state index in [1.807, 2.05) is 6.07 Å². The van der Waals surface area contributed by atoms with Crippen molar-refractivity contribution in [2.75, 3.05) is 0 Å². The Morgan fingerprint density at radius 3 is 1.94 bits per heavy atom. The molecule has 0 saturated heterocycles. The number of benzene rings is 4. The average Bonchev–Trinajstić information content (AvgIpc) is 3.63. The summed E-state index contributed by atoms with van der Waals surface area (Å²) in [5.41, 5.74) is 15.1. The topological polar surface area (TPSA) is 0 Å². The van der Waals surface area contributed by atoms with Gasteiger partial charge in [0.05, 0.1) is 0 Å². The van der Waals surface area contributed by atoms with Crippen LogP contribution in [0.4, 0.5) is 0 Å². The molecule has 4 aromatic carbocycles. The molecule has 264 valence electrons. The Labute approximate surface area is 332 Å². The molecule has 0 amide bonds. The predicted molar refractivity (Wildman–Crippen MR) is 210 cm³/mol. The van der Waals surface area contributed by atoms with Crippen LogP contribution in [0.3, 0.4) is 0 Å². The molecule has 7 rings (SSSR count). The summed E-state index contributed by atoms with van der Waals surface area (Å²) >= 11 is 1.51. The molecule has 0 N–H and O–H groups in total. The zero-order chi connectivity index (χ0) is 35.1. The number of halogens is 2. The van der Waals surface area contributed by atoms with Gasteiger partial charge in [-0.3, -0.25) is 6.08 Å². The van der Waals surface area contributed by atoms with Gasteiger partial charge in [-0.1, -0.05) is 126 Å². The molecule has 0 heterocycles. The second-order valence-electron chi connectivity index (χ2n) is 15.7. The third-order valence-corrected chi connectivity index (χ3v) is 14.3. The summed E-state index contributed by atoms with van der Waals surface area (Å²) in [6, 6.07) is 22.2. The van der Waals surface area contributed by atoms with E-state index in [4.69, 9.17) is 0 Å². The van der Waals surface area contributed by atoms with Gasteiger partial charge in [0.1, 0.15) is 0 Å². The van der Waals surface area contributed by atoms with Gasteiger partial charge in [0.25, 0.3) is 0 Å². The van der Waals surface area contributed by atoms with E-state index in [0.717, 1.165) is 6.42 Å². The summed E-state index contributed by atoms with van der Waals surface area (Å²) in [6.45, 7) is 28.4. The molecule has 5 atom stereocenters. The van der Waals surface area contributed by atoms with Gasteiger partial charge in [-0.25, -0.2) is 11.3 Å². The number of hydrogen-bond acceptors (Lipinski definition) is 0. The zero-order valence-corrected chi connectivity index (χ0v) is 37.3. The normalized spacial score (nSPS) is 21.3. The van der Waals surface area contributed by atoms with Crippen LogP contribution in [0.15, 0.2) is 78.0 Å². The predicted octanol–water partition coefficient (Wildman–Crippen LogP) is 6.61. The van der Waals surface area contributed by atoms with Crippen LogP contribution in [0.5, 0.6) is 0 Å². The standard InChI is InChI=1S/C29H33.C9H15Si.C8H8.2ClH.Zr/c1-14-13-24-25(18(5)15(14)2)21(8)28-27-20(7)17(4)16(3)19(6)26(27)22-11-9-10-12-23(22)29(24)28;1-8-5-6-9(7-8)10(2,3)4;1-2-8-6-4-3-5-7-8;;;/h9-13,16-17,19,21H,1-8H3;6-8H,1-4H3;1,3-7H,2H2;2*1H;/q2*-1;;;;+2/p-2. The number of aryl methyl sites for hydroxylation is 1. The Morgan fingerprint density at radius 1 is 0.800 bits per heavy atom. The van der Waals surface area contributed by atoms with Crippen molar-refractivity contribution >= 4 is 22.6 Å². The molecular weight excluding hydrogens is 743 g/mol. The molecule has 0 fully saturated rings. The monoisotopic (exact) mass is 796 g/mol. The summed E-state index contributed by atoms with van der Waals surface area (Å²) in [6.07, 6.45) is 8.93. The van der Waals surface area contributed by atoms with Gasteiger partial charge in [0, 0.05) is 0 Å². The van der Waals surface area contributed by atoms with Gasteiger partial charge in [-0.05, 0) is 68.0 Å². The van der Waals surface area contributed by atoms with E-state index in [2.05, 4.69) is 158 Å². The van der Waals surface area contributed by atoms with Gasteiger partial charge >= 0.3 is 70.3 Å². The molecule has 3 aliphatic carbocycles. The van der Waals surface area contributed by atoms with Crippen LogP contribution in [0, 0.1) is 50.5 Å². The van der Waals surface area contributed by atoms with Gasteiger partial charge in [-0.2, -0.15) is 17.6 Å². The summed E-state index contributed by atoms with van der Waals surface area (Å²) in [7, 11) is -1.02. The van der Waals surface area contributed by atoms with Crippen LogP contribution in [0.2, 0.25) is 19.6 Å². The van der Waals surface area contributed by atoms with Crippen molar-refractivity contribution in [2.24, 2.45) is 17.8 Å². The van der Waals surface area contributed by atoms with Crippen molar-refractivity contribution in [3.05, 3.63) is 135 Å². The molecule has 0 saturated carbocycles. The Hall–Kier alpha value is -1.96. The first-order valence-corrected chi connectivity index (χ1v) is 23.0. The van der Waals surface area contributed by atoms with Crippen LogP contribution in [0.25, 0.3) is 21.9 Å². The van der Waals surface area contributed by atoms with E-state index in [9.17, 15) is 0 Å². The molecule has 3 aliphatic rings. The van der Waals surface area contributed by atoms with Crippen molar-refractivity contribution in [3.63, 3.8) is 0 Å². The quantitative estimate of drug-likeness (QED) is 0.162. The van der Waals surface area contributed by atoms with E-state index < -0.39 is 8.07 Å². The average molecular weight is 799 g/mol. The third kappa shape index (κ3) is 8.15. The maximum absolute atomic E-state index is 3.29. The van der Waals surface area contributed by atoms with Crippen LogP contribution in [0.1, 0.15) is 97.9 Å². The van der Waals surface area contributed by atoms with E-state index in [1.54, 1.807) is 33.4 Å². The van der Waals surface area contributed by atoms with Gasteiger partial charge in [0.2, 0.25) is 0 Å². The third-order valence-electron chi connectivity index (χ3n) is 11.7. The van der Waals surface area contributed by atoms with Crippen LogP contribution >= 0.6 is 0 Å². The van der Waals surface area contributed by atoms with Crippen LogP contribution in [-0.4, -0.2) is 11.8 Å². The van der Waals surface area contributed by atoms with Crippen LogP contribution < -0.4 is 24.8 Å². The van der Waals surface area contributed by atoms with Gasteiger partial charge < -0.3 is 24.8 Å². The number of fused-ring (bicyclic) bond motifs is 8. The zero-order valence-electron chi connectivity index (χ0n) is 32.4. The van der Waals surface area contributed by atoms with Gasteiger partial charge in [0.15, 0.2) is 0 Å². The molecule has 0 bridgehead atoms. The molecule has 0 nitrogen and oxygen atoms in total. The fraction of sp³-hybridized carbons (Fsp3) is 0.391. The maximum atomic E-state index is 3.29. The molecule has 4 aromatic rings. The fourth-order valence-corrected chi connectivity index (χ4v) is 10.1. The Balaban J connectivity index is 0.000000265. The van der Waals surface area contributed by atoms with Crippen molar-refractivity contribution in [1.82, 2.24) is 0 Å². The summed E-state index contributed by atoms with van der Waals surface area (Å²) in [4.78, 5) is 0. The summed E-state index contributed by atoms with van der Waals surface area (Å²) < 4.78 is 2.25. The number of rotatable bonds is 3. The first kappa shape index (κ1) is 42.5. The van der Waals surface area contributed by atoms with E-state index in [-0.39, 0.29) is 24.8 Å². The summed E-state index contributed by atoms with van der Waals surface area (Å²) in [5.74, 6) is 4.50. The number of hydrogen-bond donors (Lipinski definition) is 0. The first-order chi connectivity index (χ1) is 22.7. The summed E-state index contributed by atoms with van der Waals surface area (Å²) in [5, 5.41) is 4.48. The molecule has 50 heavy (non-hydrogen) atoms. The molecule has 4 heteroatoms. The van der Waals surface area contributed by atoms with E-state index in [0.29, 0.717) is 29.6 Å². The van der Waals surface area contributed by atoms with Crippen molar-refractivity contribution < 1.29 is 49.0 Å². The second kappa shape index (κ2) is 17.2. The fourth-order valence-electron chi connectivity index (χ4n) is 8.22. The second-order valence-corrected chi connectivity index (χ2v) is 21.8. The SMILES string of the molecule is CC1[C-]=CC([Si](C)(C)C)=C1.Cc1cc2c(c(C)c1C)C(C)c1c3c(c4ccccc4c1-2)C(C)C(C)C(C)[C-]3C.[Cl-].[Cl-].[Zr+2]=[CH]Cc1ccccc1. The Kier molecular flexibility index (Phi) is 14.6. The van der Waals surface area contributed by atoms with Crippen molar-refractivity contribution in [3.8, 4) is 11.1 Å².